The lowest BCUT2D eigenvalue weighted by Crippen LogP contribution is -2.19. The number of hydrogen-bond donors (Lipinski definition) is 1. The van der Waals surface area contributed by atoms with Crippen molar-refractivity contribution in [3.05, 3.63) is 30.3 Å². The second kappa shape index (κ2) is 5.54. The molecule has 1 aromatic rings. The SMILES string of the molecule is CNC(=O)CCS(=O)c1ccccc1. The summed E-state index contributed by atoms with van der Waals surface area (Å²) >= 11 is 0. The molecule has 0 heterocycles. The Bertz CT molecular complexity index is 324. The van der Waals surface area contributed by atoms with Crippen LogP contribution in [0.25, 0.3) is 0 Å². The van der Waals surface area contributed by atoms with Crippen LogP contribution in [0.2, 0.25) is 0 Å². The molecule has 0 saturated carbocycles. The molecular weight excluding hydrogens is 198 g/mol. The van der Waals surface area contributed by atoms with Gasteiger partial charge in [0.1, 0.15) is 0 Å². The highest BCUT2D eigenvalue weighted by atomic mass is 32.2. The van der Waals surface area contributed by atoms with Gasteiger partial charge in [0.15, 0.2) is 0 Å². The molecule has 1 aromatic carbocycles. The first-order chi connectivity index (χ1) is 6.74. The first kappa shape index (κ1) is 10.9. The molecule has 76 valence electrons. The van der Waals surface area contributed by atoms with E-state index in [0.717, 1.165) is 4.90 Å². The Hall–Kier alpha value is -1.16. The average molecular weight is 211 g/mol. The molecule has 0 aliphatic heterocycles. The van der Waals surface area contributed by atoms with Crippen molar-refractivity contribution < 1.29 is 9.00 Å². The van der Waals surface area contributed by atoms with Crippen LogP contribution in [-0.2, 0) is 15.6 Å². The molecule has 1 atom stereocenters. The third-order valence-electron chi connectivity index (χ3n) is 1.80. The number of rotatable bonds is 4. The summed E-state index contributed by atoms with van der Waals surface area (Å²) in [6.45, 7) is 0. The van der Waals surface area contributed by atoms with Crippen molar-refractivity contribution in [2.24, 2.45) is 0 Å². The van der Waals surface area contributed by atoms with Crippen molar-refractivity contribution in [1.82, 2.24) is 5.32 Å². The lowest BCUT2D eigenvalue weighted by Gasteiger charge is -2.01. The summed E-state index contributed by atoms with van der Waals surface area (Å²) < 4.78 is 11.6. The Labute approximate surface area is 86.0 Å². The van der Waals surface area contributed by atoms with Gasteiger partial charge in [-0.05, 0) is 12.1 Å². The molecule has 1 amide bonds. The smallest absolute Gasteiger partial charge is 0.220 e. The fourth-order valence-electron chi connectivity index (χ4n) is 1.00. The quantitative estimate of drug-likeness (QED) is 0.805. The summed E-state index contributed by atoms with van der Waals surface area (Å²) in [7, 11) is 0.511. The van der Waals surface area contributed by atoms with Gasteiger partial charge in [0.2, 0.25) is 5.91 Å². The van der Waals surface area contributed by atoms with E-state index < -0.39 is 10.8 Å². The Morgan fingerprint density at radius 3 is 2.57 bits per heavy atom. The number of carbonyl (C=O) groups excluding carboxylic acids is 1. The molecule has 14 heavy (non-hydrogen) atoms. The van der Waals surface area contributed by atoms with E-state index >= 15 is 0 Å². The van der Waals surface area contributed by atoms with E-state index in [9.17, 15) is 9.00 Å². The Kier molecular flexibility index (Phi) is 4.32. The first-order valence-electron chi connectivity index (χ1n) is 4.38. The number of nitrogens with one attached hydrogen (secondary N) is 1. The van der Waals surface area contributed by atoms with Gasteiger partial charge in [0.25, 0.3) is 0 Å². The molecule has 0 fully saturated rings. The predicted octanol–water partition coefficient (Wildman–Crippen LogP) is 0.930. The minimum Gasteiger partial charge on any atom is -0.359 e. The number of benzene rings is 1. The molecule has 0 radical (unpaired) electrons. The minimum absolute atomic E-state index is 0.0747. The third-order valence-corrected chi connectivity index (χ3v) is 3.17. The number of hydrogen-bond acceptors (Lipinski definition) is 2. The molecule has 1 rings (SSSR count). The van der Waals surface area contributed by atoms with Crippen molar-refractivity contribution in [2.45, 2.75) is 11.3 Å². The molecule has 4 heteroatoms. The van der Waals surface area contributed by atoms with E-state index in [0.29, 0.717) is 12.2 Å². The van der Waals surface area contributed by atoms with E-state index in [-0.39, 0.29) is 5.91 Å². The zero-order valence-corrected chi connectivity index (χ0v) is 8.84. The molecule has 0 spiro atoms. The van der Waals surface area contributed by atoms with E-state index in [2.05, 4.69) is 5.32 Å². The monoisotopic (exact) mass is 211 g/mol. The van der Waals surface area contributed by atoms with E-state index in [1.807, 2.05) is 18.2 Å². The summed E-state index contributed by atoms with van der Waals surface area (Å²) in [5.74, 6) is 0.304. The molecule has 0 aliphatic carbocycles. The summed E-state index contributed by atoms with van der Waals surface area (Å²) in [5, 5.41) is 2.50. The fourth-order valence-corrected chi connectivity index (χ4v) is 2.07. The summed E-state index contributed by atoms with van der Waals surface area (Å²) in [6, 6.07) is 9.17. The van der Waals surface area contributed by atoms with Crippen LogP contribution in [0.5, 0.6) is 0 Å². The maximum Gasteiger partial charge on any atom is 0.220 e. The van der Waals surface area contributed by atoms with Gasteiger partial charge in [-0.15, -0.1) is 0 Å². The van der Waals surface area contributed by atoms with Crippen LogP contribution in [0.15, 0.2) is 35.2 Å². The lowest BCUT2D eigenvalue weighted by atomic mass is 10.4. The zero-order valence-electron chi connectivity index (χ0n) is 8.03. The molecule has 1 unspecified atom stereocenters. The Balaban J connectivity index is 2.48. The van der Waals surface area contributed by atoms with Gasteiger partial charge < -0.3 is 5.32 Å². The maximum atomic E-state index is 11.6. The van der Waals surface area contributed by atoms with E-state index in [1.165, 1.54) is 0 Å². The minimum atomic E-state index is -1.07. The second-order valence-electron chi connectivity index (χ2n) is 2.79. The molecule has 0 bridgehead atoms. The highest BCUT2D eigenvalue weighted by molar-refractivity contribution is 7.85. The normalized spacial score (nSPS) is 12.1. The van der Waals surface area contributed by atoms with Crippen molar-refractivity contribution >= 4 is 16.7 Å². The Morgan fingerprint density at radius 1 is 1.36 bits per heavy atom. The molecular formula is C10H13NO2S. The zero-order chi connectivity index (χ0) is 10.4. The first-order valence-corrected chi connectivity index (χ1v) is 5.70. The van der Waals surface area contributed by atoms with Gasteiger partial charge in [-0.3, -0.25) is 9.00 Å². The van der Waals surface area contributed by atoms with Crippen molar-refractivity contribution in [1.29, 1.82) is 0 Å². The topological polar surface area (TPSA) is 46.2 Å². The standard InChI is InChI=1S/C10H13NO2S/c1-11-10(12)7-8-14(13)9-5-3-2-4-6-9/h2-6H,7-8H2,1H3,(H,11,12). The van der Waals surface area contributed by atoms with Crippen LogP contribution < -0.4 is 5.32 Å². The van der Waals surface area contributed by atoms with Crippen molar-refractivity contribution in [2.75, 3.05) is 12.8 Å². The van der Waals surface area contributed by atoms with Gasteiger partial charge in [-0.1, -0.05) is 18.2 Å². The number of amides is 1. The molecule has 3 nitrogen and oxygen atoms in total. The van der Waals surface area contributed by atoms with Crippen LogP contribution in [0.4, 0.5) is 0 Å². The molecule has 0 aromatic heterocycles. The lowest BCUT2D eigenvalue weighted by molar-refractivity contribution is -0.120. The van der Waals surface area contributed by atoms with Crippen LogP contribution in [0.1, 0.15) is 6.42 Å². The molecule has 0 saturated heterocycles. The van der Waals surface area contributed by atoms with Crippen LogP contribution in [-0.4, -0.2) is 22.9 Å². The van der Waals surface area contributed by atoms with Crippen molar-refractivity contribution in [3.63, 3.8) is 0 Å². The van der Waals surface area contributed by atoms with Crippen LogP contribution in [0, 0.1) is 0 Å². The summed E-state index contributed by atoms with van der Waals surface area (Å²) in [5.41, 5.74) is 0. The van der Waals surface area contributed by atoms with Crippen molar-refractivity contribution in [3.8, 4) is 0 Å². The third kappa shape index (κ3) is 3.30. The van der Waals surface area contributed by atoms with Gasteiger partial charge in [0, 0.05) is 24.1 Å². The van der Waals surface area contributed by atoms with Gasteiger partial charge in [-0.2, -0.15) is 0 Å². The van der Waals surface area contributed by atoms with Crippen LogP contribution >= 0.6 is 0 Å². The summed E-state index contributed by atoms with van der Waals surface area (Å²) in [6.07, 6.45) is 0.304. The van der Waals surface area contributed by atoms with Gasteiger partial charge >= 0.3 is 0 Å². The molecule has 1 N–H and O–H groups in total. The molecule has 0 aliphatic rings. The van der Waals surface area contributed by atoms with E-state index in [4.69, 9.17) is 0 Å². The highest BCUT2D eigenvalue weighted by Gasteiger charge is 2.05. The summed E-state index contributed by atoms with van der Waals surface area (Å²) in [4.78, 5) is 11.7. The van der Waals surface area contributed by atoms with Gasteiger partial charge in [0.05, 0.1) is 10.8 Å². The Morgan fingerprint density at radius 2 is 2.00 bits per heavy atom. The second-order valence-corrected chi connectivity index (χ2v) is 4.36. The highest BCUT2D eigenvalue weighted by Crippen LogP contribution is 2.06. The largest absolute Gasteiger partial charge is 0.359 e. The predicted molar refractivity (Wildman–Crippen MR) is 56.4 cm³/mol. The average Bonchev–Trinajstić information content (AvgIpc) is 2.26. The van der Waals surface area contributed by atoms with Gasteiger partial charge in [-0.25, -0.2) is 0 Å². The number of carbonyl (C=O) groups is 1. The fraction of sp³-hybridized carbons (Fsp3) is 0.300. The van der Waals surface area contributed by atoms with E-state index in [1.54, 1.807) is 19.2 Å². The maximum absolute atomic E-state index is 11.6. The van der Waals surface area contributed by atoms with Crippen LogP contribution in [0.3, 0.4) is 0 Å².